The van der Waals surface area contributed by atoms with Crippen LogP contribution in [-0.2, 0) is 28.6 Å². The Morgan fingerprint density at radius 2 is 0.720 bits per heavy atom. The zero-order chi connectivity index (χ0) is 36.6. The molecule has 0 saturated carbocycles. The van der Waals surface area contributed by atoms with Crippen molar-refractivity contribution in [1.29, 1.82) is 0 Å². The molecule has 0 aliphatic carbocycles. The topological polar surface area (TPSA) is 78.9 Å². The molecule has 1 atom stereocenters. The Labute approximate surface area is 309 Å². The quantitative estimate of drug-likeness (QED) is 0.0275. The molecule has 6 heteroatoms. The van der Waals surface area contributed by atoms with E-state index in [2.05, 4.69) is 45.1 Å². The highest BCUT2D eigenvalue weighted by Crippen LogP contribution is 2.14. The van der Waals surface area contributed by atoms with Gasteiger partial charge < -0.3 is 14.2 Å². The zero-order valence-electron chi connectivity index (χ0n) is 33.2. The van der Waals surface area contributed by atoms with Crippen molar-refractivity contribution >= 4 is 17.9 Å². The largest absolute Gasteiger partial charge is 0.462 e. The molecule has 1 unspecified atom stereocenters. The number of unbranched alkanes of at least 4 members (excludes halogenated alkanes) is 23. The number of carbonyl (C=O) groups excluding carboxylic acids is 3. The average Bonchev–Trinajstić information content (AvgIpc) is 3.11. The summed E-state index contributed by atoms with van der Waals surface area (Å²) in [5.41, 5.74) is 0. The van der Waals surface area contributed by atoms with Gasteiger partial charge in [0.05, 0.1) is 0 Å². The third-order valence-electron chi connectivity index (χ3n) is 9.21. The summed E-state index contributed by atoms with van der Waals surface area (Å²) in [6.07, 6.45) is 41.9. The van der Waals surface area contributed by atoms with E-state index in [-0.39, 0.29) is 31.1 Å². The van der Waals surface area contributed by atoms with Gasteiger partial charge in [-0.05, 0) is 51.4 Å². The number of carbonyl (C=O) groups is 3. The van der Waals surface area contributed by atoms with Crippen molar-refractivity contribution in [3.05, 3.63) is 24.3 Å². The van der Waals surface area contributed by atoms with Gasteiger partial charge in [-0.15, -0.1) is 0 Å². The monoisotopic (exact) mass is 705 g/mol. The molecule has 0 rings (SSSR count). The molecule has 0 spiro atoms. The molecule has 0 aromatic rings. The molecule has 0 fully saturated rings. The maximum atomic E-state index is 12.5. The van der Waals surface area contributed by atoms with E-state index >= 15 is 0 Å². The minimum atomic E-state index is -0.761. The third-order valence-corrected chi connectivity index (χ3v) is 9.21. The Morgan fingerprint density at radius 1 is 0.400 bits per heavy atom. The average molecular weight is 705 g/mol. The Hall–Kier alpha value is -2.11. The van der Waals surface area contributed by atoms with Crippen LogP contribution >= 0.6 is 0 Å². The van der Waals surface area contributed by atoms with Gasteiger partial charge >= 0.3 is 17.9 Å². The van der Waals surface area contributed by atoms with E-state index in [1.807, 2.05) is 0 Å². The van der Waals surface area contributed by atoms with E-state index in [1.165, 1.54) is 116 Å². The van der Waals surface area contributed by atoms with Crippen LogP contribution in [-0.4, -0.2) is 37.2 Å². The van der Waals surface area contributed by atoms with E-state index in [1.54, 1.807) is 0 Å². The van der Waals surface area contributed by atoms with Crippen molar-refractivity contribution in [1.82, 2.24) is 0 Å². The van der Waals surface area contributed by atoms with Crippen LogP contribution in [0.2, 0.25) is 0 Å². The molecule has 0 bridgehead atoms. The predicted octanol–water partition coefficient (Wildman–Crippen LogP) is 13.2. The number of allylic oxidation sites excluding steroid dienone is 4. The fourth-order valence-electron chi connectivity index (χ4n) is 5.94. The molecule has 0 aliphatic heterocycles. The third kappa shape index (κ3) is 37.2. The number of hydrogen-bond donors (Lipinski definition) is 0. The molecule has 0 heterocycles. The van der Waals surface area contributed by atoms with Crippen molar-refractivity contribution in [2.75, 3.05) is 13.2 Å². The Balaban J connectivity index is 4.13. The number of ether oxygens (including phenoxy) is 3. The maximum absolute atomic E-state index is 12.5. The Bertz CT molecular complexity index is 819. The number of hydrogen-bond acceptors (Lipinski definition) is 6. The Kier molecular flexibility index (Phi) is 38.0. The summed E-state index contributed by atoms with van der Waals surface area (Å²) in [4.78, 5) is 37.3. The number of rotatable bonds is 38. The van der Waals surface area contributed by atoms with Gasteiger partial charge in [0.25, 0.3) is 0 Å². The van der Waals surface area contributed by atoms with Crippen LogP contribution < -0.4 is 0 Å². The molecule has 292 valence electrons. The summed E-state index contributed by atoms with van der Waals surface area (Å²) in [6.45, 7) is 6.50. The summed E-state index contributed by atoms with van der Waals surface area (Å²) >= 11 is 0. The first-order valence-electron chi connectivity index (χ1n) is 21.3. The zero-order valence-corrected chi connectivity index (χ0v) is 33.2. The van der Waals surface area contributed by atoms with E-state index in [4.69, 9.17) is 14.2 Å². The fourth-order valence-corrected chi connectivity index (χ4v) is 5.94. The van der Waals surface area contributed by atoms with Crippen LogP contribution in [0, 0.1) is 0 Å². The summed E-state index contributed by atoms with van der Waals surface area (Å²) in [5.74, 6) is -0.891. The molecule has 0 aromatic carbocycles. The van der Waals surface area contributed by atoms with Crippen LogP contribution in [0.15, 0.2) is 24.3 Å². The lowest BCUT2D eigenvalue weighted by atomic mass is 10.1. The molecule has 0 N–H and O–H groups in total. The van der Waals surface area contributed by atoms with Crippen LogP contribution in [0.3, 0.4) is 0 Å². The van der Waals surface area contributed by atoms with Gasteiger partial charge in [-0.25, -0.2) is 0 Å². The second kappa shape index (κ2) is 39.7. The maximum Gasteiger partial charge on any atom is 0.306 e. The number of esters is 3. The smallest absolute Gasteiger partial charge is 0.306 e. The van der Waals surface area contributed by atoms with Crippen molar-refractivity contribution in [2.45, 2.75) is 226 Å². The van der Waals surface area contributed by atoms with Gasteiger partial charge in [0.1, 0.15) is 13.2 Å². The normalized spacial score (nSPS) is 12.1. The lowest BCUT2D eigenvalue weighted by molar-refractivity contribution is -0.167. The molecule has 0 amide bonds. The lowest BCUT2D eigenvalue weighted by Crippen LogP contribution is -2.30. The highest BCUT2D eigenvalue weighted by molar-refractivity contribution is 5.71. The first kappa shape index (κ1) is 47.9. The predicted molar refractivity (Wildman–Crippen MR) is 210 cm³/mol. The van der Waals surface area contributed by atoms with Crippen LogP contribution in [0.1, 0.15) is 220 Å². The molecule has 6 nitrogen and oxygen atoms in total. The van der Waals surface area contributed by atoms with E-state index < -0.39 is 6.10 Å². The van der Waals surface area contributed by atoms with E-state index in [0.29, 0.717) is 19.3 Å². The summed E-state index contributed by atoms with van der Waals surface area (Å²) < 4.78 is 16.5. The summed E-state index contributed by atoms with van der Waals surface area (Å²) in [6, 6.07) is 0. The highest BCUT2D eigenvalue weighted by atomic mass is 16.6. The molecule has 0 aliphatic rings. The van der Waals surface area contributed by atoms with Gasteiger partial charge in [-0.3, -0.25) is 14.4 Å². The van der Waals surface area contributed by atoms with Crippen molar-refractivity contribution in [3.63, 3.8) is 0 Å². The van der Waals surface area contributed by atoms with Crippen LogP contribution in [0.25, 0.3) is 0 Å². The minimum absolute atomic E-state index is 0.0712. The standard InChI is InChI=1S/C44H80O6/c1-4-7-10-13-16-17-18-19-20-21-22-23-24-25-26-27-29-31-34-37-43(46)49-40-41(39-48-42(45)36-33-30-15-12-9-6-3)50-44(47)38-35-32-28-14-11-8-5-2/h16-17,19-20,41H,4-15,18,21-40H2,1-3H3/b17-16-,20-19-. The molecular formula is C44H80O6. The van der Waals surface area contributed by atoms with Gasteiger partial charge in [-0.2, -0.15) is 0 Å². The van der Waals surface area contributed by atoms with Gasteiger partial charge in [-0.1, -0.05) is 173 Å². The summed E-state index contributed by atoms with van der Waals surface area (Å²) in [5, 5.41) is 0. The minimum Gasteiger partial charge on any atom is -0.462 e. The van der Waals surface area contributed by atoms with Gasteiger partial charge in [0.2, 0.25) is 0 Å². The summed E-state index contributed by atoms with van der Waals surface area (Å²) in [7, 11) is 0. The van der Waals surface area contributed by atoms with Crippen LogP contribution in [0.5, 0.6) is 0 Å². The van der Waals surface area contributed by atoms with Crippen molar-refractivity contribution in [2.24, 2.45) is 0 Å². The first-order valence-corrected chi connectivity index (χ1v) is 21.3. The molecular weight excluding hydrogens is 624 g/mol. The molecule has 0 saturated heterocycles. The fraction of sp³-hybridized carbons (Fsp3) is 0.841. The first-order chi connectivity index (χ1) is 24.5. The highest BCUT2D eigenvalue weighted by Gasteiger charge is 2.19. The molecule has 0 radical (unpaired) electrons. The van der Waals surface area contributed by atoms with Crippen LogP contribution in [0.4, 0.5) is 0 Å². The van der Waals surface area contributed by atoms with Crippen molar-refractivity contribution in [3.8, 4) is 0 Å². The van der Waals surface area contributed by atoms with E-state index in [0.717, 1.165) is 64.2 Å². The second-order valence-electron chi connectivity index (χ2n) is 14.3. The van der Waals surface area contributed by atoms with Gasteiger partial charge in [0.15, 0.2) is 6.10 Å². The Morgan fingerprint density at radius 3 is 1.14 bits per heavy atom. The second-order valence-corrected chi connectivity index (χ2v) is 14.3. The lowest BCUT2D eigenvalue weighted by Gasteiger charge is -2.18. The van der Waals surface area contributed by atoms with Gasteiger partial charge in [0, 0.05) is 19.3 Å². The molecule has 0 aromatic heterocycles. The van der Waals surface area contributed by atoms with Crippen molar-refractivity contribution < 1.29 is 28.6 Å². The SMILES string of the molecule is CCCCC/C=C\C/C=C\CCCCCCCCCCCC(=O)OCC(COC(=O)CCCCCCCC)OC(=O)CCCCCCCCC. The van der Waals surface area contributed by atoms with E-state index in [9.17, 15) is 14.4 Å². The molecule has 50 heavy (non-hydrogen) atoms.